The maximum Gasteiger partial charge on any atom is 0.348 e. The molecule has 3 rings (SSSR count). The second-order valence-corrected chi connectivity index (χ2v) is 4.81. The Labute approximate surface area is 125 Å². The van der Waals surface area contributed by atoms with Gasteiger partial charge in [0.15, 0.2) is 0 Å². The molecule has 0 aliphatic heterocycles. The normalized spacial score (nSPS) is 10.8. The quantitative estimate of drug-likeness (QED) is 0.549. The number of hydrogen-bond donors (Lipinski definition) is 0. The molecule has 2 aromatic carbocycles. The van der Waals surface area contributed by atoms with Crippen LogP contribution in [0.5, 0.6) is 0 Å². The third kappa shape index (κ3) is 2.24. The van der Waals surface area contributed by atoms with Crippen LogP contribution in [0.1, 0.15) is 6.92 Å². The predicted molar refractivity (Wildman–Crippen MR) is 83.8 cm³/mol. The van der Waals surface area contributed by atoms with Crippen molar-refractivity contribution in [3.63, 3.8) is 0 Å². The highest BCUT2D eigenvalue weighted by Gasteiger charge is 2.15. The van der Waals surface area contributed by atoms with E-state index in [1.807, 2.05) is 37.3 Å². The molecule has 0 bridgehead atoms. The Balaban J connectivity index is 2.43. The van der Waals surface area contributed by atoms with Crippen LogP contribution in [0.2, 0.25) is 0 Å². The van der Waals surface area contributed by atoms with E-state index in [0.29, 0.717) is 23.1 Å². The van der Waals surface area contributed by atoms with Gasteiger partial charge in [-0.2, -0.15) is 4.98 Å². The van der Waals surface area contributed by atoms with Crippen molar-refractivity contribution in [2.75, 3.05) is 0 Å². The molecule has 110 valence electrons. The molecule has 0 saturated carbocycles. The van der Waals surface area contributed by atoms with Gasteiger partial charge >= 0.3 is 5.69 Å². The van der Waals surface area contributed by atoms with Gasteiger partial charge in [-0.15, -0.1) is 0 Å². The number of fused-ring (bicyclic) bond motifs is 1. The van der Waals surface area contributed by atoms with E-state index < -0.39 is 4.92 Å². The molecule has 1 aromatic heterocycles. The first-order valence-corrected chi connectivity index (χ1v) is 6.86. The summed E-state index contributed by atoms with van der Waals surface area (Å²) in [6, 6.07) is 13.7. The first-order chi connectivity index (χ1) is 10.6. The minimum atomic E-state index is -0.449. The molecule has 0 atom stereocenters. The van der Waals surface area contributed by atoms with Gasteiger partial charge in [0.1, 0.15) is 0 Å². The lowest BCUT2D eigenvalue weighted by atomic mass is 10.1. The second-order valence-electron chi connectivity index (χ2n) is 4.81. The maximum atomic E-state index is 12.2. The second kappa shape index (κ2) is 5.40. The molecule has 0 amide bonds. The van der Waals surface area contributed by atoms with Crippen molar-refractivity contribution in [3.8, 4) is 11.3 Å². The van der Waals surface area contributed by atoms with Gasteiger partial charge in [-0.1, -0.05) is 30.3 Å². The average Bonchev–Trinajstić information content (AvgIpc) is 2.54. The van der Waals surface area contributed by atoms with Gasteiger partial charge in [-0.3, -0.25) is 14.7 Å². The number of non-ortho nitro benzene ring substituents is 1. The van der Waals surface area contributed by atoms with E-state index in [1.165, 1.54) is 16.7 Å². The Bertz CT molecular complexity index is 917. The summed E-state index contributed by atoms with van der Waals surface area (Å²) in [5.41, 5.74) is 1.49. The smallest absolute Gasteiger partial charge is 0.292 e. The van der Waals surface area contributed by atoms with Gasteiger partial charge in [0.25, 0.3) is 5.69 Å². The van der Waals surface area contributed by atoms with Crippen molar-refractivity contribution in [1.29, 1.82) is 0 Å². The number of benzene rings is 2. The van der Waals surface area contributed by atoms with E-state index in [2.05, 4.69) is 4.98 Å². The molecular weight excluding hydrogens is 282 g/mol. The topological polar surface area (TPSA) is 78.0 Å². The lowest BCUT2D eigenvalue weighted by Gasteiger charge is -2.11. The zero-order valence-electron chi connectivity index (χ0n) is 11.9. The zero-order valence-corrected chi connectivity index (χ0v) is 11.9. The van der Waals surface area contributed by atoms with Crippen molar-refractivity contribution in [2.24, 2.45) is 0 Å². The fourth-order valence-corrected chi connectivity index (χ4v) is 2.50. The van der Waals surface area contributed by atoms with Crippen LogP contribution in [0.25, 0.3) is 22.2 Å². The van der Waals surface area contributed by atoms with E-state index in [1.54, 1.807) is 6.07 Å². The first kappa shape index (κ1) is 13.9. The van der Waals surface area contributed by atoms with E-state index in [0.717, 1.165) is 5.56 Å². The Hall–Kier alpha value is -3.02. The van der Waals surface area contributed by atoms with E-state index in [-0.39, 0.29) is 11.4 Å². The fraction of sp³-hybridized carbons (Fsp3) is 0.125. The van der Waals surface area contributed by atoms with Crippen molar-refractivity contribution in [3.05, 3.63) is 69.1 Å². The largest absolute Gasteiger partial charge is 0.348 e. The molecule has 0 unspecified atom stereocenters. The molecule has 0 aliphatic carbocycles. The summed E-state index contributed by atoms with van der Waals surface area (Å²) in [7, 11) is 0. The van der Waals surface area contributed by atoms with E-state index in [9.17, 15) is 14.9 Å². The molecule has 3 aromatic rings. The van der Waals surface area contributed by atoms with Crippen molar-refractivity contribution >= 4 is 16.6 Å². The Morgan fingerprint density at radius 1 is 1.18 bits per heavy atom. The van der Waals surface area contributed by atoms with Gasteiger partial charge in [0, 0.05) is 29.6 Å². The first-order valence-electron chi connectivity index (χ1n) is 6.86. The van der Waals surface area contributed by atoms with Crippen LogP contribution in [-0.4, -0.2) is 14.5 Å². The molecule has 1 heterocycles. The number of hydrogen-bond acceptors (Lipinski definition) is 4. The molecule has 6 nitrogen and oxygen atoms in total. The summed E-state index contributed by atoms with van der Waals surface area (Å²) in [6.07, 6.45) is 0. The highest BCUT2D eigenvalue weighted by molar-refractivity contribution is 5.93. The van der Waals surface area contributed by atoms with Crippen LogP contribution >= 0.6 is 0 Å². The molecule has 0 fully saturated rings. The number of rotatable bonds is 3. The van der Waals surface area contributed by atoms with E-state index in [4.69, 9.17) is 0 Å². The minimum Gasteiger partial charge on any atom is -0.292 e. The molecule has 6 heteroatoms. The summed E-state index contributed by atoms with van der Waals surface area (Å²) in [6.45, 7) is 2.29. The van der Waals surface area contributed by atoms with Crippen molar-refractivity contribution < 1.29 is 4.92 Å². The minimum absolute atomic E-state index is 0.0206. The Morgan fingerprint density at radius 2 is 1.91 bits per heavy atom. The van der Waals surface area contributed by atoms with Crippen molar-refractivity contribution in [2.45, 2.75) is 13.5 Å². The molecule has 22 heavy (non-hydrogen) atoms. The summed E-state index contributed by atoms with van der Waals surface area (Å²) in [5.74, 6) is 0. The summed E-state index contributed by atoms with van der Waals surface area (Å²) in [5, 5.41) is 11.6. The third-order valence-electron chi connectivity index (χ3n) is 3.54. The highest BCUT2D eigenvalue weighted by atomic mass is 16.6. The van der Waals surface area contributed by atoms with Gasteiger partial charge in [0.2, 0.25) is 0 Å². The number of aromatic nitrogens is 2. The van der Waals surface area contributed by atoms with Gasteiger partial charge in [-0.25, -0.2) is 4.79 Å². The van der Waals surface area contributed by atoms with Gasteiger partial charge in [-0.05, 0) is 13.0 Å². The number of nitro benzene ring substituents is 1. The predicted octanol–water partition coefficient (Wildman–Crippen LogP) is 2.99. The maximum absolute atomic E-state index is 12.2. The molecule has 0 radical (unpaired) electrons. The van der Waals surface area contributed by atoms with Crippen molar-refractivity contribution in [1.82, 2.24) is 9.55 Å². The zero-order chi connectivity index (χ0) is 15.7. The number of nitro groups is 1. The molecular formula is C16H13N3O3. The Morgan fingerprint density at radius 3 is 2.55 bits per heavy atom. The number of aryl methyl sites for hydroxylation is 1. The molecule has 0 spiro atoms. The summed E-state index contributed by atoms with van der Waals surface area (Å²) < 4.78 is 1.51. The van der Waals surface area contributed by atoms with E-state index >= 15 is 0 Å². The summed E-state index contributed by atoms with van der Waals surface area (Å²) in [4.78, 5) is 26.9. The lowest BCUT2D eigenvalue weighted by molar-refractivity contribution is -0.384. The van der Waals surface area contributed by atoms with Crippen LogP contribution in [0.3, 0.4) is 0 Å². The highest BCUT2D eigenvalue weighted by Crippen LogP contribution is 2.28. The number of nitrogens with zero attached hydrogens (tertiary/aromatic N) is 3. The lowest BCUT2D eigenvalue weighted by Crippen LogP contribution is -2.23. The summed E-state index contributed by atoms with van der Waals surface area (Å²) >= 11 is 0. The molecule has 0 aliphatic rings. The van der Waals surface area contributed by atoms with Gasteiger partial charge < -0.3 is 0 Å². The standard InChI is InChI=1S/C16H13N3O3/c1-2-18-14-9-8-12(19(21)22)10-13(14)15(17-16(18)20)11-6-4-3-5-7-11/h3-10H,2H2,1H3. The molecule has 0 saturated heterocycles. The van der Waals surface area contributed by atoms with Crippen LogP contribution in [0, 0.1) is 10.1 Å². The van der Waals surface area contributed by atoms with Crippen LogP contribution < -0.4 is 5.69 Å². The average molecular weight is 295 g/mol. The monoisotopic (exact) mass is 295 g/mol. The SMILES string of the molecule is CCn1c(=O)nc(-c2ccccc2)c2cc([N+](=O)[O-])ccc21. The molecule has 0 N–H and O–H groups in total. The Kier molecular flexibility index (Phi) is 3.42. The van der Waals surface area contributed by atoms with Crippen LogP contribution in [0.15, 0.2) is 53.3 Å². The third-order valence-corrected chi connectivity index (χ3v) is 3.54. The fourth-order valence-electron chi connectivity index (χ4n) is 2.50. The van der Waals surface area contributed by atoms with Crippen LogP contribution in [-0.2, 0) is 6.54 Å². The van der Waals surface area contributed by atoms with Gasteiger partial charge in [0.05, 0.1) is 16.1 Å². The van der Waals surface area contributed by atoms with Crippen LogP contribution in [0.4, 0.5) is 5.69 Å².